The molecule has 16 heavy (non-hydrogen) atoms. The largest absolute Gasteiger partial charge is 0.313 e. The number of allylic oxidation sites excluding steroid dienone is 1. The topological polar surface area (TPSA) is 12.0 Å². The molecule has 0 saturated carbocycles. The summed E-state index contributed by atoms with van der Waals surface area (Å²) in [5.41, 5.74) is 0.827. The second-order valence-electron chi connectivity index (χ2n) is 3.70. The third-order valence-electron chi connectivity index (χ3n) is 2.61. The van der Waals surface area contributed by atoms with Crippen LogP contribution >= 0.6 is 11.6 Å². The van der Waals surface area contributed by atoms with Gasteiger partial charge in [-0.2, -0.15) is 0 Å². The first-order valence-electron chi connectivity index (χ1n) is 5.42. The highest BCUT2D eigenvalue weighted by Gasteiger charge is 2.14. The second kappa shape index (κ2) is 6.66. The second-order valence-corrected chi connectivity index (χ2v) is 4.08. The third-order valence-corrected chi connectivity index (χ3v) is 3.01. The summed E-state index contributed by atoms with van der Waals surface area (Å²) in [6.45, 7) is 3.68. The quantitative estimate of drug-likeness (QED) is 0.584. The van der Waals surface area contributed by atoms with E-state index in [4.69, 9.17) is 11.6 Å². The molecule has 0 bridgehead atoms. The Morgan fingerprint density at radius 3 is 2.94 bits per heavy atom. The van der Waals surface area contributed by atoms with Crippen molar-refractivity contribution in [2.75, 3.05) is 7.05 Å². The highest BCUT2D eigenvalue weighted by molar-refractivity contribution is 6.31. The van der Waals surface area contributed by atoms with Crippen LogP contribution in [0.4, 0.5) is 4.39 Å². The molecule has 0 amide bonds. The SMILES string of the molecule is C=CCCCC(NC)c1cccc(F)c1Cl. The fourth-order valence-corrected chi connectivity index (χ4v) is 1.97. The van der Waals surface area contributed by atoms with Gasteiger partial charge in [-0.3, -0.25) is 0 Å². The van der Waals surface area contributed by atoms with Crippen molar-refractivity contribution in [3.63, 3.8) is 0 Å². The van der Waals surface area contributed by atoms with E-state index in [-0.39, 0.29) is 16.9 Å². The molecule has 1 nitrogen and oxygen atoms in total. The van der Waals surface area contributed by atoms with Crippen molar-refractivity contribution in [3.8, 4) is 0 Å². The standard InChI is InChI=1S/C13H17ClFN/c1-3-4-5-9-12(16-2)10-7-6-8-11(15)13(10)14/h3,6-8,12,16H,1,4-5,9H2,2H3. The summed E-state index contributed by atoms with van der Waals surface area (Å²) in [7, 11) is 1.86. The molecule has 0 heterocycles. The minimum absolute atomic E-state index is 0.100. The Morgan fingerprint density at radius 2 is 2.31 bits per heavy atom. The minimum Gasteiger partial charge on any atom is -0.313 e. The Morgan fingerprint density at radius 1 is 1.56 bits per heavy atom. The number of benzene rings is 1. The van der Waals surface area contributed by atoms with E-state index < -0.39 is 0 Å². The van der Waals surface area contributed by atoms with Crippen LogP contribution in [-0.2, 0) is 0 Å². The maximum absolute atomic E-state index is 13.3. The number of nitrogens with one attached hydrogen (secondary N) is 1. The molecule has 1 unspecified atom stereocenters. The van der Waals surface area contributed by atoms with Crippen molar-refractivity contribution in [2.45, 2.75) is 25.3 Å². The normalized spacial score (nSPS) is 12.4. The molecule has 1 aromatic rings. The van der Waals surface area contributed by atoms with Gasteiger partial charge in [0.25, 0.3) is 0 Å². The molecule has 0 fully saturated rings. The smallest absolute Gasteiger partial charge is 0.142 e. The number of rotatable bonds is 6. The predicted octanol–water partition coefficient (Wildman–Crippen LogP) is 4.10. The zero-order chi connectivity index (χ0) is 12.0. The highest BCUT2D eigenvalue weighted by Crippen LogP contribution is 2.28. The van der Waals surface area contributed by atoms with E-state index in [1.807, 2.05) is 19.2 Å². The molecule has 1 atom stereocenters. The van der Waals surface area contributed by atoms with E-state index in [1.54, 1.807) is 6.07 Å². The third kappa shape index (κ3) is 3.32. The van der Waals surface area contributed by atoms with Crippen LogP contribution in [0, 0.1) is 5.82 Å². The average Bonchev–Trinajstić information content (AvgIpc) is 2.29. The van der Waals surface area contributed by atoms with Gasteiger partial charge in [0.05, 0.1) is 5.02 Å². The Kier molecular flexibility index (Phi) is 5.50. The van der Waals surface area contributed by atoms with Crippen LogP contribution < -0.4 is 5.32 Å². The molecule has 3 heteroatoms. The molecule has 0 saturated heterocycles. The first-order valence-corrected chi connectivity index (χ1v) is 5.80. The first-order chi connectivity index (χ1) is 7.70. The highest BCUT2D eigenvalue weighted by atomic mass is 35.5. The van der Waals surface area contributed by atoms with Gasteiger partial charge in [-0.15, -0.1) is 6.58 Å². The molecular formula is C13H17ClFN. The zero-order valence-electron chi connectivity index (χ0n) is 9.47. The Hall–Kier alpha value is -0.860. The lowest BCUT2D eigenvalue weighted by Gasteiger charge is -2.17. The van der Waals surface area contributed by atoms with Crippen molar-refractivity contribution in [1.29, 1.82) is 0 Å². The molecule has 0 radical (unpaired) electrons. The maximum atomic E-state index is 13.3. The summed E-state index contributed by atoms with van der Waals surface area (Å²) in [6.07, 6.45) is 4.79. The zero-order valence-corrected chi connectivity index (χ0v) is 10.2. The lowest BCUT2D eigenvalue weighted by atomic mass is 10.0. The first kappa shape index (κ1) is 13.2. The van der Waals surface area contributed by atoms with Crippen molar-refractivity contribution in [1.82, 2.24) is 5.32 Å². The van der Waals surface area contributed by atoms with Crippen molar-refractivity contribution >= 4 is 11.6 Å². The van der Waals surface area contributed by atoms with Crippen LogP contribution in [0.15, 0.2) is 30.9 Å². The van der Waals surface area contributed by atoms with E-state index >= 15 is 0 Å². The van der Waals surface area contributed by atoms with Crippen molar-refractivity contribution in [3.05, 3.63) is 47.3 Å². The summed E-state index contributed by atoms with van der Waals surface area (Å²) in [4.78, 5) is 0. The van der Waals surface area contributed by atoms with Crippen LogP contribution in [0.25, 0.3) is 0 Å². The fourth-order valence-electron chi connectivity index (χ4n) is 1.71. The molecule has 0 aliphatic rings. The van der Waals surface area contributed by atoms with Gasteiger partial charge >= 0.3 is 0 Å². The minimum atomic E-state index is -0.358. The summed E-state index contributed by atoms with van der Waals surface area (Å²) in [6, 6.07) is 5.03. The summed E-state index contributed by atoms with van der Waals surface area (Å²) < 4.78 is 13.3. The van der Waals surface area contributed by atoms with E-state index in [9.17, 15) is 4.39 Å². The van der Waals surface area contributed by atoms with E-state index in [1.165, 1.54) is 6.07 Å². The number of hydrogen-bond acceptors (Lipinski definition) is 1. The summed E-state index contributed by atoms with van der Waals surface area (Å²) >= 11 is 5.94. The number of halogens is 2. The number of hydrogen-bond donors (Lipinski definition) is 1. The Balaban J connectivity index is 2.78. The predicted molar refractivity (Wildman–Crippen MR) is 67.3 cm³/mol. The fraction of sp³-hybridized carbons (Fsp3) is 0.385. The van der Waals surface area contributed by atoms with Crippen LogP contribution in [-0.4, -0.2) is 7.05 Å². The van der Waals surface area contributed by atoms with Gasteiger partial charge in [0.2, 0.25) is 0 Å². The molecule has 1 rings (SSSR count). The van der Waals surface area contributed by atoms with Crippen molar-refractivity contribution in [2.24, 2.45) is 0 Å². The molecule has 0 aliphatic heterocycles. The van der Waals surface area contributed by atoms with Crippen LogP contribution in [0.1, 0.15) is 30.9 Å². The molecule has 1 aromatic carbocycles. The van der Waals surface area contributed by atoms with Gasteiger partial charge in [-0.1, -0.05) is 29.8 Å². The van der Waals surface area contributed by atoms with Gasteiger partial charge in [-0.05, 0) is 37.9 Å². The Labute approximate surface area is 101 Å². The molecule has 1 N–H and O–H groups in total. The van der Waals surface area contributed by atoms with Gasteiger partial charge in [0.1, 0.15) is 5.82 Å². The summed E-state index contributed by atoms with van der Waals surface area (Å²) in [5, 5.41) is 3.38. The molecule has 0 aromatic heterocycles. The maximum Gasteiger partial charge on any atom is 0.142 e. The lowest BCUT2D eigenvalue weighted by molar-refractivity contribution is 0.525. The molecule has 0 spiro atoms. The molecule has 0 aliphatic carbocycles. The van der Waals surface area contributed by atoms with Crippen LogP contribution in [0.2, 0.25) is 5.02 Å². The van der Waals surface area contributed by atoms with Gasteiger partial charge in [-0.25, -0.2) is 4.39 Å². The van der Waals surface area contributed by atoms with Crippen molar-refractivity contribution < 1.29 is 4.39 Å². The van der Waals surface area contributed by atoms with Gasteiger partial charge in [0, 0.05) is 6.04 Å². The van der Waals surface area contributed by atoms with Crippen LogP contribution in [0.5, 0.6) is 0 Å². The Bertz CT molecular complexity index is 352. The van der Waals surface area contributed by atoms with Gasteiger partial charge < -0.3 is 5.32 Å². The van der Waals surface area contributed by atoms with Gasteiger partial charge in [0.15, 0.2) is 0 Å². The van der Waals surface area contributed by atoms with E-state index in [2.05, 4.69) is 11.9 Å². The molecule has 88 valence electrons. The van der Waals surface area contributed by atoms with E-state index in [0.717, 1.165) is 24.8 Å². The average molecular weight is 242 g/mol. The monoisotopic (exact) mass is 241 g/mol. The number of unbranched alkanes of at least 4 members (excludes halogenated alkanes) is 1. The lowest BCUT2D eigenvalue weighted by Crippen LogP contribution is -2.17. The van der Waals surface area contributed by atoms with Crippen LogP contribution in [0.3, 0.4) is 0 Å². The molecular weight excluding hydrogens is 225 g/mol. The summed E-state index contributed by atoms with van der Waals surface area (Å²) in [5.74, 6) is -0.358. The van der Waals surface area contributed by atoms with E-state index in [0.29, 0.717) is 0 Å².